The number of fused-ring (bicyclic) bond motifs is 2. The molecule has 9 atom stereocenters. The second-order valence-corrected chi connectivity index (χ2v) is 22.4. The minimum atomic E-state index is -0.450. The van der Waals surface area contributed by atoms with E-state index in [0.29, 0.717) is 0 Å². The first-order valence-electron chi connectivity index (χ1n) is 12.2. The zero-order chi connectivity index (χ0) is 17.4. The Hall–Kier alpha value is 1.32. The van der Waals surface area contributed by atoms with Crippen LogP contribution < -0.4 is 0 Å². The van der Waals surface area contributed by atoms with E-state index in [9.17, 15) is 0 Å². The molecular formula is C27H56Si2Zr. The Morgan fingerprint density at radius 2 is 1.37 bits per heavy atom. The molecule has 4 aliphatic rings. The molecule has 176 valence electrons. The van der Waals surface area contributed by atoms with E-state index in [4.69, 9.17) is 0 Å². The van der Waals surface area contributed by atoms with Crippen LogP contribution in [0.2, 0.25) is 24.2 Å². The average Bonchev–Trinajstić information content (AvgIpc) is 3.35. The summed E-state index contributed by atoms with van der Waals surface area (Å²) in [4.78, 5) is 0. The van der Waals surface area contributed by atoms with Crippen LogP contribution in [0.15, 0.2) is 0 Å². The van der Waals surface area contributed by atoms with Gasteiger partial charge in [-0.1, -0.05) is 96.2 Å². The van der Waals surface area contributed by atoms with Crippen molar-refractivity contribution in [1.29, 1.82) is 0 Å². The zero-order valence-corrected chi connectivity index (χ0v) is 26.7. The summed E-state index contributed by atoms with van der Waals surface area (Å²) in [6, 6.07) is 0. The Kier molecular flexibility index (Phi) is 17.0. The molecule has 9 unspecified atom stereocenters. The summed E-state index contributed by atoms with van der Waals surface area (Å²) in [5.41, 5.74) is 2.54. The van der Waals surface area contributed by atoms with Crippen molar-refractivity contribution in [1.82, 2.24) is 0 Å². The third kappa shape index (κ3) is 7.16. The van der Waals surface area contributed by atoms with E-state index >= 15 is 0 Å². The SMILES string of the molecule is CCCCC1CCC([SiH](C)[SiH](C)C2CCC3CC4CCCC4CC32)C1.[CH3-].[CH3-].[CH3-].[CH3-].[Zr+4]. The van der Waals surface area contributed by atoms with Crippen molar-refractivity contribution in [3.8, 4) is 0 Å². The Bertz CT molecular complexity index is 443. The van der Waals surface area contributed by atoms with Gasteiger partial charge in [0.15, 0.2) is 0 Å². The van der Waals surface area contributed by atoms with Gasteiger partial charge in [-0.3, -0.25) is 0 Å². The van der Waals surface area contributed by atoms with Crippen LogP contribution in [0.3, 0.4) is 0 Å². The van der Waals surface area contributed by atoms with E-state index < -0.39 is 16.6 Å². The van der Waals surface area contributed by atoms with Crippen molar-refractivity contribution in [2.75, 3.05) is 0 Å². The fourth-order valence-electron chi connectivity index (χ4n) is 8.14. The quantitative estimate of drug-likeness (QED) is 0.240. The van der Waals surface area contributed by atoms with Crippen LogP contribution in [0.5, 0.6) is 0 Å². The van der Waals surface area contributed by atoms with E-state index in [-0.39, 0.29) is 55.9 Å². The molecule has 0 aromatic carbocycles. The topological polar surface area (TPSA) is 0 Å². The van der Waals surface area contributed by atoms with Gasteiger partial charge < -0.3 is 29.7 Å². The molecule has 0 bridgehead atoms. The van der Waals surface area contributed by atoms with Crippen molar-refractivity contribution in [3.63, 3.8) is 0 Å². The fraction of sp³-hybridized carbons (Fsp3) is 0.852. The van der Waals surface area contributed by atoms with Gasteiger partial charge in [0.1, 0.15) is 0 Å². The van der Waals surface area contributed by atoms with E-state index in [2.05, 4.69) is 20.0 Å². The predicted octanol–water partition coefficient (Wildman–Crippen LogP) is 8.54. The maximum atomic E-state index is 2.87. The van der Waals surface area contributed by atoms with E-state index in [1.807, 2.05) is 0 Å². The summed E-state index contributed by atoms with van der Waals surface area (Å²) in [5, 5.41) is 0. The Balaban J connectivity index is 0. The molecule has 0 radical (unpaired) electrons. The van der Waals surface area contributed by atoms with Crippen molar-refractivity contribution < 1.29 is 26.2 Å². The number of hydrogen-bond acceptors (Lipinski definition) is 0. The van der Waals surface area contributed by atoms with Crippen LogP contribution in [0.4, 0.5) is 0 Å². The van der Waals surface area contributed by atoms with Gasteiger partial charge in [-0.2, -0.15) is 0 Å². The third-order valence-electron chi connectivity index (χ3n) is 9.82. The van der Waals surface area contributed by atoms with E-state index in [1.54, 1.807) is 70.6 Å². The van der Waals surface area contributed by atoms with E-state index in [0.717, 1.165) is 5.92 Å². The zero-order valence-electron chi connectivity index (χ0n) is 21.9. The molecule has 4 rings (SSSR count). The number of hydrogen-bond donors (Lipinski definition) is 0. The monoisotopic (exact) mass is 526 g/mol. The van der Waals surface area contributed by atoms with Crippen LogP contribution in [0.1, 0.15) is 90.4 Å². The smallest absolute Gasteiger partial charge is 0.358 e. The molecule has 4 aliphatic carbocycles. The van der Waals surface area contributed by atoms with Gasteiger partial charge in [-0.05, 0) is 48.0 Å². The van der Waals surface area contributed by atoms with Gasteiger partial charge in [0.05, 0.1) is 0 Å². The molecule has 0 aromatic rings. The molecule has 0 N–H and O–H groups in total. The van der Waals surface area contributed by atoms with Gasteiger partial charge in [0, 0.05) is 16.6 Å². The van der Waals surface area contributed by atoms with Crippen molar-refractivity contribution in [2.24, 2.45) is 29.6 Å². The summed E-state index contributed by atoms with van der Waals surface area (Å²) < 4.78 is 0. The molecular weight excluding hydrogens is 472 g/mol. The largest absolute Gasteiger partial charge is 4.00 e. The first-order chi connectivity index (χ1) is 12.2. The first kappa shape index (κ1) is 33.5. The Morgan fingerprint density at radius 1 is 0.700 bits per heavy atom. The van der Waals surface area contributed by atoms with E-state index in [1.165, 1.54) is 47.6 Å². The molecule has 4 fully saturated rings. The van der Waals surface area contributed by atoms with Gasteiger partial charge in [0.2, 0.25) is 0 Å². The summed E-state index contributed by atoms with van der Waals surface area (Å²) in [6.07, 6.45) is 20.8. The second-order valence-electron chi connectivity index (χ2n) is 10.9. The molecule has 0 amide bonds. The Morgan fingerprint density at radius 3 is 2.03 bits per heavy atom. The molecule has 0 aromatic heterocycles. The maximum absolute atomic E-state index is 2.87. The van der Waals surface area contributed by atoms with Crippen LogP contribution in [-0.4, -0.2) is 16.6 Å². The number of rotatable bonds is 6. The second kappa shape index (κ2) is 15.3. The van der Waals surface area contributed by atoms with Crippen molar-refractivity contribution in [2.45, 2.75) is 115 Å². The van der Waals surface area contributed by atoms with Crippen LogP contribution >= 0.6 is 0 Å². The summed E-state index contributed by atoms with van der Waals surface area (Å²) in [6.45, 7) is 8.08. The summed E-state index contributed by atoms with van der Waals surface area (Å²) in [7, 11) is -0.881. The summed E-state index contributed by atoms with van der Waals surface area (Å²) >= 11 is 0. The molecule has 0 aliphatic heterocycles. The van der Waals surface area contributed by atoms with Crippen LogP contribution in [0, 0.1) is 59.3 Å². The molecule has 30 heavy (non-hydrogen) atoms. The van der Waals surface area contributed by atoms with Gasteiger partial charge in [-0.25, -0.2) is 0 Å². The molecule has 0 spiro atoms. The minimum absolute atomic E-state index is 0. The molecule has 3 heteroatoms. The molecule has 0 nitrogen and oxygen atoms in total. The summed E-state index contributed by atoms with van der Waals surface area (Å²) in [5.74, 6) is 5.87. The first-order valence-corrected chi connectivity index (χ1v) is 18.5. The van der Waals surface area contributed by atoms with Crippen molar-refractivity contribution >= 4 is 16.6 Å². The normalized spacial score (nSPS) is 38.3. The maximum Gasteiger partial charge on any atom is 4.00 e. The molecule has 4 saturated carbocycles. The number of unbranched alkanes of at least 4 members (excludes halogenated alkanes) is 1. The average molecular weight is 528 g/mol. The molecule has 0 heterocycles. The van der Waals surface area contributed by atoms with Crippen molar-refractivity contribution in [3.05, 3.63) is 29.7 Å². The Labute approximate surface area is 215 Å². The third-order valence-corrected chi connectivity index (χ3v) is 23.8. The molecule has 0 saturated heterocycles. The minimum Gasteiger partial charge on any atom is -0.358 e. The predicted molar refractivity (Wildman–Crippen MR) is 142 cm³/mol. The van der Waals surface area contributed by atoms with Gasteiger partial charge in [-0.15, -0.1) is 0 Å². The van der Waals surface area contributed by atoms with Gasteiger partial charge in [0.25, 0.3) is 0 Å². The fourth-order valence-corrected chi connectivity index (χ4v) is 20.7. The van der Waals surface area contributed by atoms with Crippen LogP contribution in [0.25, 0.3) is 0 Å². The standard InChI is InChI=1S/C23H44Si2.4CH3.Zr/c1-4-5-7-17-10-12-21(14-17)24(2)25(3)23-13-11-20-15-18-8-6-9-19(18)16-22(20)23;;;;;/h17-25H,4-16H2,1-3H3;4*1H3;/q;4*-1;+4. The van der Waals surface area contributed by atoms with Crippen LogP contribution in [-0.2, 0) is 26.2 Å². The van der Waals surface area contributed by atoms with Gasteiger partial charge >= 0.3 is 26.2 Å².